The number of carbonyl (C=O) groups excluding carboxylic acids is 1. The van der Waals surface area contributed by atoms with Gasteiger partial charge in [-0.3, -0.25) is 4.79 Å². The van der Waals surface area contributed by atoms with Crippen molar-refractivity contribution in [3.63, 3.8) is 0 Å². The van der Waals surface area contributed by atoms with Crippen LogP contribution in [0.25, 0.3) is 0 Å². The lowest BCUT2D eigenvalue weighted by Crippen LogP contribution is -2.35. The largest absolute Gasteiger partial charge is 0.469 e. The summed E-state index contributed by atoms with van der Waals surface area (Å²) in [5, 5.41) is 4.28. The summed E-state index contributed by atoms with van der Waals surface area (Å²) in [4.78, 5) is 11.0. The highest BCUT2D eigenvalue weighted by Crippen LogP contribution is 2.15. The lowest BCUT2D eigenvalue weighted by atomic mass is 9.96. The Labute approximate surface area is 67.1 Å². The van der Waals surface area contributed by atoms with Gasteiger partial charge in [-0.25, -0.2) is 5.32 Å². The molecule has 0 saturated carbocycles. The minimum absolute atomic E-state index is 0.0243. The van der Waals surface area contributed by atoms with Gasteiger partial charge in [0.15, 0.2) is 0 Å². The lowest BCUT2D eigenvalue weighted by Gasteiger charge is -2.23. The number of esters is 1. The van der Waals surface area contributed by atoms with Crippen LogP contribution in [0.3, 0.4) is 0 Å². The molecule has 1 fully saturated rings. The maximum atomic E-state index is 11.0. The van der Waals surface area contributed by atoms with E-state index < -0.39 is 0 Å². The van der Waals surface area contributed by atoms with Crippen molar-refractivity contribution in [2.45, 2.75) is 25.8 Å². The fourth-order valence-corrected chi connectivity index (χ4v) is 1.29. The highest BCUT2D eigenvalue weighted by Gasteiger charge is 2.24. The second-order valence-corrected chi connectivity index (χ2v) is 3.01. The molecule has 0 aromatic carbocycles. The normalized spacial score (nSPS) is 31.5. The van der Waals surface area contributed by atoms with Crippen LogP contribution in [0.2, 0.25) is 0 Å². The maximum Gasteiger partial charge on any atom is 0.310 e. The monoisotopic (exact) mass is 156 g/mol. The van der Waals surface area contributed by atoms with Gasteiger partial charge in [0.2, 0.25) is 0 Å². The molecular weight excluding hydrogens is 142 g/mol. The fraction of sp³-hybridized carbons (Fsp3) is 0.875. The van der Waals surface area contributed by atoms with Crippen molar-refractivity contribution in [3.05, 3.63) is 0 Å². The van der Waals surface area contributed by atoms with Gasteiger partial charge in [-0.2, -0.15) is 0 Å². The van der Waals surface area contributed by atoms with E-state index in [2.05, 4.69) is 17.0 Å². The number of nitrogens with zero attached hydrogens (tertiary/aromatic N) is 1. The number of carbonyl (C=O) groups is 1. The zero-order valence-corrected chi connectivity index (χ0v) is 7.04. The molecule has 0 bridgehead atoms. The molecule has 0 aliphatic carbocycles. The summed E-state index contributed by atoms with van der Waals surface area (Å²) in [6, 6.07) is 0.427. The van der Waals surface area contributed by atoms with Gasteiger partial charge in [-0.1, -0.05) is 0 Å². The predicted molar refractivity (Wildman–Crippen MR) is 41.2 cm³/mol. The van der Waals surface area contributed by atoms with E-state index in [0.717, 1.165) is 12.8 Å². The summed E-state index contributed by atoms with van der Waals surface area (Å²) in [5.41, 5.74) is 0. The highest BCUT2D eigenvalue weighted by atomic mass is 16.5. The van der Waals surface area contributed by atoms with Crippen LogP contribution in [0, 0.1) is 5.92 Å². The first-order chi connectivity index (χ1) is 5.24. The van der Waals surface area contributed by atoms with Gasteiger partial charge in [0.25, 0.3) is 0 Å². The summed E-state index contributed by atoms with van der Waals surface area (Å²) in [6.07, 6.45) is 1.94. The Bertz CT molecular complexity index is 139. The van der Waals surface area contributed by atoms with Crippen LogP contribution in [-0.2, 0) is 9.53 Å². The molecular formula is C8H14NO2. The zero-order chi connectivity index (χ0) is 8.27. The second-order valence-electron chi connectivity index (χ2n) is 3.01. The molecule has 0 spiro atoms. The van der Waals surface area contributed by atoms with Crippen molar-refractivity contribution in [1.82, 2.24) is 5.32 Å². The minimum atomic E-state index is -0.111. The quantitative estimate of drug-likeness (QED) is 0.520. The van der Waals surface area contributed by atoms with Crippen LogP contribution >= 0.6 is 0 Å². The molecule has 1 aliphatic rings. The number of piperidine rings is 1. The number of ether oxygens (including phenoxy) is 1. The first-order valence-electron chi connectivity index (χ1n) is 3.98. The van der Waals surface area contributed by atoms with Gasteiger partial charge in [0, 0.05) is 12.6 Å². The average Bonchev–Trinajstić information content (AvgIpc) is 2.05. The van der Waals surface area contributed by atoms with Gasteiger partial charge >= 0.3 is 5.97 Å². The molecule has 3 nitrogen and oxygen atoms in total. The average molecular weight is 156 g/mol. The minimum Gasteiger partial charge on any atom is -0.469 e. The number of hydrogen-bond donors (Lipinski definition) is 0. The molecule has 0 aromatic heterocycles. The van der Waals surface area contributed by atoms with E-state index in [1.807, 2.05) is 0 Å². The van der Waals surface area contributed by atoms with Gasteiger partial charge in [-0.15, -0.1) is 0 Å². The van der Waals surface area contributed by atoms with E-state index in [1.54, 1.807) is 0 Å². The third kappa shape index (κ3) is 2.19. The van der Waals surface area contributed by atoms with Crippen molar-refractivity contribution in [1.29, 1.82) is 0 Å². The third-order valence-corrected chi connectivity index (χ3v) is 2.10. The van der Waals surface area contributed by atoms with Crippen LogP contribution in [0.15, 0.2) is 0 Å². The Kier molecular flexibility index (Phi) is 2.88. The molecule has 1 heterocycles. The summed E-state index contributed by atoms with van der Waals surface area (Å²) in [7, 11) is 1.43. The molecule has 0 aromatic rings. The van der Waals surface area contributed by atoms with E-state index in [1.165, 1.54) is 7.11 Å². The summed E-state index contributed by atoms with van der Waals surface area (Å²) >= 11 is 0. The van der Waals surface area contributed by atoms with E-state index in [-0.39, 0.29) is 11.9 Å². The van der Waals surface area contributed by atoms with Gasteiger partial charge in [-0.05, 0) is 19.8 Å². The first-order valence-corrected chi connectivity index (χ1v) is 3.98. The molecule has 0 N–H and O–H groups in total. The molecule has 3 heteroatoms. The molecule has 1 rings (SSSR count). The number of hydrogen-bond acceptors (Lipinski definition) is 2. The molecule has 1 aliphatic heterocycles. The summed E-state index contributed by atoms with van der Waals surface area (Å²) < 4.78 is 4.63. The van der Waals surface area contributed by atoms with E-state index >= 15 is 0 Å². The lowest BCUT2D eigenvalue weighted by molar-refractivity contribution is -0.146. The molecule has 1 radical (unpaired) electrons. The predicted octanol–water partition coefficient (Wildman–Crippen LogP) is 0.562. The van der Waals surface area contributed by atoms with Gasteiger partial charge in [0.1, 0.15) is 0 Å². The van der Waals surface area contributed by atoms with Crippen molar-refractivity contribution < 1.29 is 9.53 Å². The number of methoxy groups -OCH3 is 1. The maximum absolute atomic E-state index is 11.0. The molecule has 63 valence electrons. The van der Waals surface area contributed by atoms with Gasteiger partial charge < -0.3 is 4.74 Å². The van der Waals surface area contributed by atoms with E-state index in [4.69, 9.17) is 0 Å². The second kappa shape index (κ2) is 3.72. The zero-order valence-electron chi connectivity index (χ0n) is 7.04. The van der Waals surface area contributed by atoms with E-state index in [9.17, 15) is 4.79 Å². The van der Waals surface area contributed by atoms with Crippen LogP contribution in [0.4, 0.5) is 0 Å². The van der Waals surface area contributed by atoms with E-state index in [0.29, 0.717) is 12.6 Å². The molecule has 0 unspecified atom stereocenters. The standard InChI is InChI=1S/C8H14NO2/c1-6-3-4-7(5-9-6)8(10)11-2/h6-7H,3-5H2,1-2H3/t6-,7+/m1/s1. The van der Waals surface area contributed by atoms with Crippen LogP contribution in [-0.4, -0.2) is 25.7 Å². The number of rotatable bonds is 1. The first kappa shape index (κ1) is 8.53. The van der Waals surface area contributed by atoms with Crippen LogP contribution < -0.4 is 5.32 Å². The highest BCUT2D eigenvalue weighted by molar-refractivity contribution is 5.72. The SMILES string of the molecule is COC(=O)[C@H]1CC[C@@H](C)[N]C1. The Morgan fingerprint density at radius 3 is 2.73 bits per heavy atom. The Balaban J connectivity index is 2.33. The molecule has 1 saturated heterocycles. The Hall–Kier alpha value is -0.570. The fourth-order valence-electron chi connectivity index (χ4n) is 1.29. The topological polar surface area (TPSA) is 40.4 Å². The van der Waals surface area contributed by atoms with Crippen molar-refractivity contribution in [2.24, 2.45) is 5.92 Å². The van der Waals surface area contributed by atoms with Crippen molar-refractivity contribution in [3.8, 4) is 0 Å². The van der Waals surface area contributed by atoms with Crippen molar-refractivity contribution in [2.75, 3.05) is 13.7 Å². The molecule has 2 atom stereocenters. The summed E-state index contributed by atoms with van der Waals surface area (Å²) in [6.45, 7) is 2.72. The third-order valence-electron chi connectivity index (χ3n) is 2.10. The Morgan fingerprint density at radius 1 is 1.55 bits per heavy atom. The smallest absolute Gasteiger partial charge is 0.310 e. The van der Waals surface area contributed by atoms with Gasteiger partial charge in [0.05, 0.1) is 13.0 Å². The van der Waals surface area contributed by atoms with Crippen molar-refractivity contribution >= 4 is 5.97 Å². The van der Waals surface area contributed by atoms with Crippen LogP contribution in [0.1, 0.15) is 19.8 Å². The van der Waals surface area contributed by atoms with Crippen LogP contribution in [0.5, 0.6) is 0 Å². The molecule has 11 heavy (non-hydrogen) atoms. The molecule has 0 amide bonds. The Morgan fingerprint density at radius 2 is 2.27 bits per heavy atom. The summed E-state index contributed by atoms with van der Waals surface area (Å²) in [5.74, 6) is -0.0862.